The van der Waals surface area contributed by atoms with Gasteiger partial charge in [-0.3, -0.25) is 0 Å². The maximum Gasteiger partial charge on any atom is 0.216 e. The van der Waals surface area contributed by atoms with Gasteiger partial charge in [0.25, 0.3) is 0 Å². The first-order chi connectivity index (χ1) is 28.8. The number of aromatic nitrogens is 2. The molecule has 8 aromatic carbocycles. The van der Waals surface area contributed by atoms with E-state index in [1.807, 2.05) is 92.0 Å². The summed E-state index contributed by atoms with van der Waals surface area (Å²) in [6.07, 6.45) is 1.86. The van der Waals surface area contributed by atoms with Crippen LogP contribution < -0.4 is 15.9 Å². The monoisotopic (exact) mass is 971 g/mol. The van der Waals surface area contributed by atoms with E-state index in [0.717, 1.165) is 86.9 Å². The summed E-state index contributed by atoms with van der Waals surface area (Å²) in [5.74, 6) is 0.491. The van der Waals surface area contributed by atoms with E-state index in [1.165, 1.54) is 10.9 Å². The first kappa shape index (κ1) is 39.3. The second-order valence-electron chi connectivity index (χ2n) is 15.4. The second-order valence-corrected chi connectivity index (χ2v) is 18.2. The number of pyridine rings is 2. The molecule has 293 valence electrons. The quantitative estimate of drug-likeness (QED) is 0.127. The van der Waals surface area contributed by atoms with Crippen LogP contribution in [0.25, 0.3) is 76.4 Å². The van der Waals surface area contributed by atoms with Crippen molar-refractivity contribution < 1.29 is 29.1 Å². The Labute approximate surface area is 362 Å². The predicted molar refractivity (Wildman–Crippen MR) is 247 cm³/mol. The Hall–Kier alpha value is -6.22. The van der Waals surface area contributed by atoms with Crippen LogP contribution in [0.1, 0.15) is 31.0 Å². The summed E-state index contributed by atoms with van der Waals surface area (Å²) in [5, 5.41) is 13.4. The molecule has 0 aliphatic heterocycles. The minimum Gasteiger partial charge on any atom is -0.486 e. The van der Waals surface area contributed by atoms with Crippen molar-refractivity contribution in [3.8, 4) is 11.3 Å². The van der Waals surface area contributed by atoms with Gasteiger partial charge < -0.3 is 14.0 Å². The number of fused-ring (bicyclic) bond motifs is 7. The van der Waals surface area contributed by atoms with Gasteiger partial charge in [0.2, 0.25) is 5.71 Å². The van der Waals surface area contributed by atoms with E-state index in [2.05, 4.69) is 127 Å². The fraction of sp³-hybridized carbons (Fsp3) is 0.0741. The van der Waals surface area contributed by atoms with Crippen LogP contribution in [0.3, 0.4) is 0 Å². The zero-order valence-electron chi connectivity index (χ0n) is 33.3. The number of nitrogens with zero attached hydrogens (tertiary/aromatic N) is 2. The molecule has 0 amide bonds. The molecule has 0 bridgehead atoms. The third-order valence-corrected chi connectivity index (χ3v) is 14.3. The molecule has 6 heteroatoms. The van der Waals surface area contributed by atoms with Crippen molar-refractivity contribution in [2.24, 2.45) is 0 Å². The largest absolute Gasteiger partial charge is 0.486 e. The van der Waals surface area contributed by atoms with Crippen molar-refractivity contribution in [1.29, 1.82) is 0 Å². The summed E-state index contributed by atoms with van der Waals surface area (Å²) in [7, 11) is -3.15. The number of hydrogen-bond acceptors (Lipinski definition) is 4. The summed E-state index contributed by atoms with van der Waals surface area (Å²) in [6.45, 7) is 6.39. The minimum absolute atomic E-state index is 0. The Kier molecular flexibility index (Phi) is 10.5. The molecule has 1 radical (unpaired) electrons. The van der Waals surface area contributed by atoms with Crippen molar-refractivity contribution in [2.75, 3.05) is 0 Å². The Balaban J connectivity index is 0.000000154. The van der Waals surface area contributed by atoms with Crippen molar-refractivity contribution in [3.63, 3.8) is 0 Å². The number of benzene rings is 8. The summed E-state index contributed by atoms with van der Waals surface area (Å²) < 4.78 is 21.3. The molecule has 0 spiro atoms. The zero-order chi connectivity index (χ0) is 40.1. The number of hydrogen-bond donors (Lipinski definition) is 0. The first-order valence-electron chi connectivity index (χ1n) is 19.9. The molecule has 0 N–H and O–H groups in total. The molecule has 3 heterocycles. The summed E-state index contributed by atoms with van der Waals surface area (Å²) in [5.41, 5.74) is 5.49. The Bertz CT molecular complexity index is 3250. The van der Waals surface area contributed by atoms with Gasteiger partial charge in [-0.2, -0.15) is 18.2 Å². The van der Waals surface area contributed by atoms with Gasteiger partial charge in [0, 0.05) is 48.0 Å². The number of rotatable bonds is 5. The van der Waals surface area contributed by atoms with Crippen molar-refractivity contribution in [3.05, 3.63) is 199 Å². The van der Waals surface area contributed by atoms with Crippen molar-refractivity contribution in [1.82, 2.24) is 9.97 Å². The predicted octanol–water partition coefficient (Wildman–Crippen LogP) is 13.0. The van der Waals surface area contributed by atoms with E-state index < -0.39 is 7.14 Å². The SMILES string of the molecule is Cc1ccc2c(n1)oc1c(-c3nccc4cc(C(C)C)ccc34)[c-]ccc12.O=P(c1[c-]cc2ccccc2c1)(c1ccc2ccccc2c1)c1ccc2ccccc2c1.[Ir]. The standard InChI is InChI=1S/C30H20OP.C24H19N2O.Ir/c31-32(28-16-13-22-7-1-4-10-25(22)19-28,29-17-14-23-8-2-5-11-26(23)20-29)30-18-15-24-9-3-6-12-27(24)21-30;1-14(2)16-8-10-18-17(13-16)11-12-25-22(18)21-6-4-5-19-20-9-7-15(3)26-24(20)27-23(19)21;/h1-17,19-21H;4-5,7-14H,1-3H3;/q2*-1;. The Morgan fingerprint density at radius 2 is 1.20 bits per heavy atom. The second kappa shape index (κ2) is 16.1. The molecule has 0 saturated carbocycles. The fourth-order valence-electron chi connectivity index (χ4n) is 8.11. The van der Waals surface area contributed by atoms with Gasteiger partial charge in [-0.05, 0) is 86.7 Å². The molecule has 0 fully saturated rings. The summed E-state index contributed by atoms with van der Waals surface area (Å²) in [6, 6.07) is 64.3. The average molecular weight is 971 g/mol. The van der Waals surface area contributed by atoms with Crippen LogP contribution in [0, 0.1) is 19.1 Å². The molecule has 60 heavy (non-hydrogen) atoms. The Morgan fingerprint density at radius 1 is 0.583 bits per heavy atom. The van der Waals surface area contributed by atoms with Crippen LogP contribution in [0.4, 0.5) is 0 Å². The number of aryl methyl sites for hydroxylation is 1. The average Bonchev–Trinajstić information content (AvgIpc) is 3.66. The zero-order valence-corrected chi connectivity index (χ0v) is 36.6. The van der Waals surface area contributed by atoms with Crippen LogP contribution in [0.5, 0.6) is 0 Å². The van der Waals surface area contributed by atoms with E-state index in [-0.39, 0.29) is 20.1 Å². The van der Waals surface area contributed by atoms with E-state index >= 15 is 4.57 Å². The van der Waals surface area contributed by atoms with E-state index in [0.29, 0.717) is 11.6 Å². The van der Waals surface area contributed by atoms with Gasteiger partial charge in [-0.1, -0.05) is 139 Å². The third kappa shape index (κ3) is 7.03. The molecule has 3 aromatic heterocycles. The van der Waals surface area contributed by atoms with E-state index in [4.69, 9.17) is 4.42 Å². The normalized spacial score (nSPS) is 11.7. The molecule has 0 aliphatic carbocycles. The van der Waals surface area contributed by atoms with Crippen LogP contribution in [-0.2, 0) is 24.7 Å². The van der Waals surface area contributed by atoms with Crippen LogP contribution >= 0.6 is 7.14 Å². The van der Waals surface area contributed by atoms with Gasteiger partial charge in [0.1, 0.15) is 7.14 Å². The van der Waals surface area contributed by atoms with Crippen LogP contribution in [-0.4, -0.2) is 9.97 Å². The maximum atomic E-state index is 15.1. The van der Waals surface area contributed by atoms with Crippen LogP contribution in [0.2, 0.25) is 0 Å². The summed E-state index contributed by atoms with van der Waals surface area (Å²) >= 11 is 0. The topological polar surface area (TPSA) is 56.0 Å². The van der Waals surface area contributed by atoms with Crippen molar-refractivity contribution in [2.45, 2.75) is 26.7 Å². The Morgan fingerprint density at radius 3 is 1.87 bits per heavy atom. The molecule has 0 unspecified atom stereocenters. The fourth-order valence-corrected chi connectivity index (χ4v) is 10.7. The van der Waals surface area contributed by atoms with Crippen LogP contribution in [0.15, 0.2) is 180 Å². The molecule has 11 rings (SSSR count). The van der Waals surface area contributed by atoms with Gasteiger partial charge in [-0.25, -0.2) is 4.98 Å². The molecule has 4 nitrogen and oxygen atoms in total. The van der Waals surface area contributed by atoms with E-state index in [1.54, 1.807) is 0 Å². The third-order valence-electron chi connectivity index (χ3n) is 11.3. The smallest absolute Gasteiger partial charge is 0.216 e. The number of furan rings is 1. The first-order valence-corrected chi connectivity index (χ1v) is 21.6. The molecule has 0 saturated heterocycles. The molecule has 0 aliphatic rings. The van der Waals surface area contributed by atoms with Crippen molar-refractivity contribution >= 4 is 88.2 Å². The molecule has 0 atom stereocenters. The van der Waals surface area contributed by atoms with E-state index in [9.17, 15) is 0 Å². The van der Waals surface area contributed by atoms with Gasteiger partial charge >= 0.3 is 0 Å². The molecule has 11 aromatic rings. The van der Waals surface area contributed by atoms with Gasteiger partial charge in [0.15, 0.2) is 0 Å². The van der Waals surface area contributed by atoms with Gasteiger partial charge in [0.05, 0.1) is 5.58 Å². The molecular formula is C54H39IrN2O2P-2. The minimum atomic E-state index is -3.15. The molecular weight excluding hydrogens is 932 g/mol. The maximum absolute atomic E-state index is 15.1. The van der Waals surface area contributed by atoms with Gasteiger partial charge in [-0.15, -0.1) is 35.0 Å². The summed E-state index contributed by atoms with van der Waals surface area (Å²) in [4.78, 5) is 9.22.